The van der Waals surface area contributed by atoms with E-state index in [1.807, 2.05) is 22.2 Å². The smallest absolute Gasteiger partial charge is 0.246 e. The fourth-order valence-electron chi connectivity index (χ4n) is 1.87. The van der Waals surface area contributed by atoms with Crippen LogP contribution in [0.2, 0.25) is 10.0 Å². The second-order valence-corrected chi connectivity index (χ2v) is 6.12. The van der Waals surface area contributed by atoms with Gasteiger partial charge in [-0.25, -0.2) is 10.4 Å². The molecular formula is C14H10Cl2N4OS. The molecule has 2 aromatic heterocycles. The Kier molecular flexibility index (Phi) is 4.42. The third-order valence-electron chi connectivity index (χ3n) is 2.87. The Morgan fingerprint density at radius 1 is 1.41 bits per heavy atom. The highest BCUT2D eigenvalue weighted by Gasteiger charge is 2.08. The fourth-order valence-corrected chi connectivity index (χ4v) is 3.08. The fraction of sp³-hybridized carbons (Fsp3) is 0.0714. The van der Waals surface area contributed by atoms with Crippen LogP contribution in [0.25, 0.3) is 4.96 Å². The summed E-state index contributed by atoms with van der Waals surface area (Å²) in [5, 5.41) is 6.75. The Morgan fingerprint density at radius 2 is 2.18 bits per heavy atom. The number of aromatic nitrogens is 2. The van der Waals surface area contributed by atoms with Gasteiger partial charge in [0.15, 0.2) is 4.96 Å². The van der Waals surface area contributed by atoms with Gasteiger partial charge in [-0.2, -0.15) is 5.10 Å². The number of nitrogens with one attached hydrogen (secondary N) is 1. The zero-order chi connectivity index (χ0) is 15.5. The molecule has 1 amide bonds. The van der Waals surface area contributed by atoms with Crippen molar-refractivity contribution in [2.24, 2.45) is 5.10 Å². The first-order chi connectivity index (χ1) is 10.6. The minimum absolute atomic E-state index is 0.155. The van der Waals surface area contributed by atoms with E-state index in [4.69, 9.17) is 23.2 Å². The molecule has 0 fully saturated rings. The van der Waals surface area contributed by atoms with E-state index < -0.39 is 0 Å². The molecule has 0 aliphatic rings. The molecule has 3 aromatic rings. The molecule has 0 aliphatic carbocycles. The molecule has 0 radical (unpaired) electrons. The van der Waals surface area contributed by atoms with E-state index in [2.05, 4.69) is 15.5 Å². The van der Waals surface area contributed by atoms with Gasteiger partial charge in [0.1, 0.15) is 0 Å². The first kappa shape index (κ1) is 15.0. The monoisotopic (exact) mass is 352 g/mol. The Labute approximate surface area is 140 Å². The van der Waals surface area contributed by atoms with E-state index in [1.165, 1.54) is 17.6 Å². The van der Waals surface area contributed by atoms with Gasteiger partial charge in [0.05, 0.1) is 28.4 Å². The summed E-state index contributed by atoms with van der Waals surface area (Å²) < 4.78 is 1.88. The summed E-state index contributed by atoms with van der Waals surface area (Å²) in [5.41, 5.74) is 3.69. The van der Waals surface area contributed by atoms with Crippen molar-refractivity contribution < 1.29 is 4.79 Å². The first-order valence-electron chi connectivity index (χ1n) is 6.30. The number of nitrogens with zero attached hydrogens (tertiary/aromatic N) is 3. The van der Waals surface area contributed by atoms with Crippen LogP contribution in [0.5, 0.6) is 0 Å². The summed E-state index contributed by atoms with van der Waals surface area (Å²) in [4.78, 5) is 17.0. The van der Waals surface area contributed by atoms with E-state index in [-0.39, 0.29) is 12.3 Å². The molecule has 0 atom stereocenters. The average molecular weight is 353 g/mol. The molecule has 112 valence electrons. The third-order valence-corrected chi connectivity index (χ3v) is 4.30. The van der Waals surface area contributed by atoms with Crippen LogP contribution in [-0.2, 0) is 11.2 Å². The number of thiazole rings is 1. The van der Waals surface area contributed by atoms with Gasteiger partial charge >= 0.3 is 0 Å². The quantitative estimate of drug-likeness (QED) is 0.577. The van der Waals surface area contributed by atoms with Crippen molar-refractivity contribution in [3.63, 3.8) is 0 Å². The molecule has 0 unspecified atom stereocenters. The number of rotatable bonds is 4. The number of amides is 1. The van der Waals surface area contributed by atoms with Gasteiger partial charge in [-0.1, -0.05) is 29.3 Å². The molecule has 1 aromatic carbocycles. The van der Waals surface area contributed by atoms with Gasteiger partial charge in [-0.05, 0) is 12.1 Å². The summed E-state index contributed by atoms with van der Waals surface area (Å²) in [6.45, 7) is 0. The number of carbonyl (C=O) groups is 1. The van der Waals surface area contributed by atoms with Crippen molar-refractivity contribution in [3.05, 3.63) is 57.3 Å². The Balaban J connectivity index is 1.62. The highest BCUT2D eigenvalue weighted by molar-refractivity contribution is 7.15. The van der Waals surface area contributed by atoms with E-state index in [9.17, 15) is 4.79 Å². The van der Waals surface area contributed by atoms with Crippen molar-refractivity contribution in [1.82, 2.24) is 14.8 Å². The van der Waals surface area contributed by atoms with Crippen molar-refractivity contribution in [2.45, 2.75) is 6.42 Å². The van der Waals surface area contributed by atoms with Crippen LogP contribution in [0.1, 0.15) is 11.3 Å². The number of hydrogen-bond acceptors (Lipinski definition) is 4. The van der Waals surface area contributed by atoms with Crippen molar-refractivity contribution in [2.75, 3.05) is 0 Å². The van der Waals surface area contributed by atoms with Crippen LogP contribution in [-0.4, -0.2) is 21.5 Å². The number of benzene rings is 1. The highest BCUT2D eigenvalue weighted by atomic mass is 35.5. The van der Waals surface area contributed by atoms with Crippen LogP contribution in [0.3, 0.4) is 0 Å². The molecular weight excluding hydrogens is 343 g/mol. The van der Waals surface area contributed by atoms with Gasteiger partial charge in [0, 0.05) is 23.3 Å². The summed E-state index contributed by atoms with van der Waals surface area (Å²) >= 11 is 13.5. The number of hydrogen-bond donors (Lipinski definition) is 1. The molecule has 1 N–H and O–H groups in total. The van der Waals surface area contributed by atoms with E-state index in [1.54, 1.807) is 18.2 Å². The lowest BCUT2D eigenvalue weighted by molar-refractivity contribution is -0.120. The third kappa shape index (κ3) is 3.30. The molecule has 2 heterocycles. The van der Waals surface area contributed by atoms with Gasteiger partial charge < -0.3 is 0 Å². The molecule has 0 aliphatic heterocycles. The minimum atomic E-state index is -0.259. The van der Waals surface area contributed by atoms with Crippen molar-refractivity contribution in [3.8, 4) is 0 Å². The molecule has 0 saturated carbocycles. The van der Waals surface area contributed by atoms with Gasteiger partial charge in [0.2, 0.25) is 5.91 Å². The van der Waals surface area contributed by atoms with E-state index >= 15 is 0 Å². The van der Waals surface area contributed by atoms with Crippen molar-refractivity contribution >= 4 is 51.6 Å². The minimum Gasteiger partial charge on any atom is -0.297 e. The standard InChI is InChI=1S/C14H10Cl2N4OS/c15-11-2-1-3-12(16)10(11)7-17-19-13(21)6-9-8-20-4-5-22-14(20)18-9/h1-5,7-8H,6H2,(H,19,21)/b17-7+. The van der Waals surface area contributed by atoms with Crippen LogP contribution in [0.15, 0.2) is 41.1 Å². The second-order valence-electron chi connectivity index (χ2n) is 4.43. The number of carbonyl (C=O) groups excluding carboxylic acids is 1. The lowest BCUT2D eigenvalue weighted by Crippen LogP contribution is -2.20. The topological polar surface area (TPSA) is 58.8 Å². The molecule has 0 bridgehead atoms. The van der Waals surface area contributed by atoms with Crippen LogP contribution in [0.4, 0.5) is 0 Å². The summed E-state index contributed by atoms with van der Waals surface area (Å²) in [5.74, 6) is -0.259. The zero-order valence-corrected chi connectivity index (χ0v) is 13.5. The maximum Gasteiger partial charge on any atom is 0.246 e. The van der Waals surface area contributed by atoms with Gasteiger partial charge in [-0.15, -0.1) is 11.3 Å². The van der Waals surface area contributed by atoms with Crippen LogP contribution < -0.4 is 5.43 Å². The summed E-state index contributed by atoms with van der Waals surface area (Å²) in [6, 6.07) is 5.15. The highest BCUT2D eigenvalue weighted by Crippen LogP contribution is 2.22. The van der Waals surface area contributed by atoms with Gasteiger partial charge in [0.25, 0.3) is 0 Å². The summed E-state index contributed by atoms with van der Waals surface area (Å²) in [6.07, 6.45) is 5.29. The molecule has 8 heteroatoms. The maximum atomic E-state index is 11.8. The van der Waals surface area contributed by atoms with Crippen molar-refractivity contribution in [1.29, 1.82) is 0 Å². The Morgan fingerprint density at radius 3 is 2.91 bits per heavy atom. The van der Waals surface area contributed by atoms with Crippen LogP contribution >= 0.6 is 34.5 Å². The zero-order valence-electron chi connectivity index (χ0n) is 11.2. The molecule has 22 heavy (non-hydrogen) atoms. The van der Waals surface area contributed by atoms with E-state index in [0.717, 1.165) is 4.96 Å². The first-order valence-corrected chi connectivity index (χ1v) is 7.94. The number of halogens is 2. The SMILES string of the molecule is O=C(Cc1cn2ccsc2n1)N/N=C/c1c(Cl)cccc1Cl. The Hall–Kier alpha value is -1.89. The largest absolute Gasteiger partial charge is 0.297 e. The van der Waals surface area contributed by atoms with E-state index in [0.29, 0.717) is 21.3 Å². The molecule has 3 rings (SSSR count). The number of fused-ring (bicyclic) bond motifs is 1. The number of imidazole rings is 1. The molecule has 5 nitrogen and oxygen atoms in total. The normalized spacial score (nSPS) is 11.4. The number of hydrazone groups is 1. The lowest BCUT2D eigenvalue weighted by Gasteiger charge is -2.01. The van der Waals surface area contributed by atoms with Crippen LogP contribution in [0, 0.1) is 0 Å². The molecule has 0 spiro atoms. The average Bonchev–Trinajstić information content (AvgIpc) is 3.03. The summed E-state index contributed by atoms with van der Waals surface area (Å²) in [7, 11) is 0. The predicted molar refractivity (Wildman–Crippen MR) is 89.0 cm³/mol. The lowest BCUT2D eigenvalue weighted by atomic mass is 10.2. The Bertz CT molecular complexity index is 807. The second kappa shape index (κ2) is 6.48. The predicted octanol–water partition coefficient (Wildman–Crippen LogP) is 3.40. The maximum absolute atomic E-state index is 11.8. The molecule has 0 saturated heterocycles. The van der Waals surface area contributed by atoms with Gasteiger partial charge in [-0.3, -0.25) is 9.20 Å².